The number of hydrogen-bond donors (Lipinski definition) is 2. The van der Waals surface area contributed by atoms with Crippen LogP contribution in [0.1, 0.15) is 16.1 Å². The van der Waals surface area contributed by atoms with Crippen molar-refractivity contribution in [2.75, 3.05) is 31.2 Å². The number of pyridine rings is 1. The van der Waals surface area contributed by atoms with Crippen molar-refractivity contribution in [2.24, 2.45) is 0 Å². The van der Waals surface area contributed by atoms with Crippen molar-refractivity contribution >= 4 is 35.1 Å². The molecule has 1 fully saturated rings. The van der Waals surface area contributed by atoms with E-state index in [0.717, 1.165) is 6.20 Å². The van der Waals surface area contributed by atoms with E-state index in [1.165, 1.54) is 22.5 Å². The lowest BCUT2D eigenvalue weighted by Crippen LogP contribution is -2.48. The Morgan fingerprint density at radius 1 is 1.12 bits per heavy atom. The first kappa shape index (κ1) is 24.3. The summed E-state index contributed by atoms with van der Waals surface area (Å²) in [6.07, 6.45) is -4.01. The van der Waals surface area contributed by atoms with Crippen molar-refractivity contribution in [3.8, 4) is 0 Å². The van der Waals surface area contributed by atoms with E-state index in [9.17, 15) is 27.6 Å². The molecule has 0 unspecified atom stereocenters. The highest BCUT2D eigenvalue weighted by Gasteiger charge is 2.39. The minimum Gasteiger partial charge on any atom is -0.378 e. The second-order valence-corrected chi connectivity index (χ2v) is 7.33. The van der Waals surface area contributed by atoms with E-state index in [4.69, 9.17) is 16.3 Å². The number of ether oxygens (including phenoxy) is 1. The van der Waals surface area contributed by atoms with Crippen molar-refractivity contribution in [1.29, 1.82) is 0 Å². The fourth-order valence-electron chi connectivity index (χ4n) is 2.91. The molecule has 176 valence electrons. The van der Waals surface area contributed by atoms with Crippen molar-refractivity contribution in [1.82, 2.24) is 20.7 Å². The predicted octanol–water partition coefficient (Wildman–Crippen LogP) is 2.52. The maximum absolute atomic E-state index is 13.1. The highest BCUT2D eigenvalue weighted by atomic mass is 35.5. The molecule has 2 N–H and O–H groups in total. The topological polar surface area (TPSA) is 104 Å². The molecule has 4 amide bonds. The molecule has 1 saturated heterocycles. The van der Waals surface area contributed by atoms with Gasteiger partial charge in [-0.1, -0.05) is 17.7 Å². The Balaban J connectivity index is 1.72. The van der Waals surface area contributed by atoms with Crippen molar-refractivity contribution < 1.29 is 32.3 Å². The van der Waals surface area contributed by atoms with Crippen LogP contribution in [-0.2, 0) is 16.1 Å². The highest BCUT2D eigenvalue weighted by Crippen LogP contribution is 2.23. The number of carbonyl (C=O) groups excluding carboxylic acids is 3. The van der Waals surface area contributed by atoms with E-state index in [-0.39, 0.29) is 18.1 Å². The number of benzene rings is 1. The second-order valence-electron chi connectivity index (χ2n) is 6.89. The van der Waals surface area contributed by atoms with Crippen LogP contribution in [-0.4, -0.2) is 60.2 Å². The smallest absolute Gasteiger partial charge is 0.378 e. The lowest BCUT2D eigenvalue weighted by molar-refractivity contribution is -0.174. The quantitative estimate of drug-likeness (QED) is 0.648. The number of rotatable bonds is 4. The largest absolute Gasteiger partial charge is 0.472 e. The van der Waals surface area contributed by atoms with Crippen LogP contribution in [0.25, 0.3) is 0 Å². The van der Waals surface area contributed by atoms with E-state index in [2.05, 4.69) is 4.98 Å². The third kappa shape index (κ3) is 6.56. The molecular weight excluding hydrogens is 467 g/mol. The number of carbonyl (C=O) groups is 3. The summed E-state index contributed by atoms with van der Waals surface area (Å²) in [6, 6.07) is 9.20. The van der Waals surface area contributed by atoms with Crippen LogP contribution in [0.5, 0.6) is 0 Å². The molecule has 2 heterocycles. The summed E-state index contributed by atoms with van der Waals surface area (Å²) >= 11 is 6.09. The van der Waals surface area contributed by atoms with Crippen LogP contribution >= 0.6 is 11.6 Å². The average molecular weight is 486 g/mol. The number of halogens is 4. The normalized spacial score (nSPS) is 13.9. The van der Waals surface area contributed by atoms with Gasteiger partial charge >= 0.3 is 18.1 Å². The molecule has 1 aromatic heterocycles. The van der Waals surface area contributed by atoms with E-state index >= 15 is 0 Å². The van der Waals surface area contributed by atoms with E-state index in [1.807, 2.05) is 0 Å². The monoisotopic (exact) mass is 485 g/mol. The van der Waals surface area contributed by atoms with E-state index in [0.29, 0.717) is 42.7 Å². The van der Waals surface area contributed by atoms with Crippen LogP contribution in [0.4, 0.5) is 23.7 Å². The fraction of sp³-hybridized carbons (Fsp3) is 0.300. The standard InChI is InChI=1S/C20H19ClF3N5O4/c21-14-2-1-3-16(10-14)29(19(32)28-6-8-33-9-7-28)12-15-5-4-13(11-25-15)17(30)26-27-18(31)20(22,23)24/h1-5,10-11H,6-9,12H2,(H,26,30)(H,27,31). The SMILES string of the molecule is O=C(NNC(=O)C(F)(F)F)c1ccc(CN(C(=O)N2CCOCC2)c2cccc(Cl)c2)nc1. The molecule has 33 heavy (non-hydrogen) atoms. The first-order chi connectivity index (χ1) is 15.6. The lowest BCUT2D eigenvalue weighted by Gasteiger charge is -2.33. The molecule has 0 aliphatic carbocycles. The Kier molecular flexibility index (Phi) is 7.71. The van der Waals surface area contributed by atoms with Gasteiger partial charge in [0.2, 0.25) is 0 Å². The van der Waals surface area contributed by atoms with Gasteiger partial charge < -0.3 is 9.64 Å². The first-order valence-corrected chi connectivity index (χ1v) is 10.0. The summed E-state index contributed by atoms with van der Waals surface area (Å²) in [7, 11) is 0. The molecule has 13 heteroatoms. The zero-order chi connectivity index (χ0) is 24.0. The third-order valence-electron chi connectivity index (χ3n) is 4.59. The van der Waals surface area contributed by atoms with Crippen LogP contribution < -0.4 is 15.8 Å². The number of aromatic nitrogens is 1. The van der Waals surface area contributed by atoms with Gasteiger partial charge in [0.25, 0.3) is 5.91 Å². The number of hydrazine groups is 1. The Bertz CT molecular complexity index is 1010. The number of amides is 4. The molecule has 9 nitrogen and oxygen atoms in total. The number of urea groups is 1. The molecule has 2 aromatic rings. The van der Waals surface area contributed by atoms with Gasteiger partial charge in [-0.3, -0.25) is 30.3 Å². The van der Waals surface area contributed by atoms with Crippen LogP contribution in [0.15, 0.2) is 42.6 Å². The Morgan fingerprint density at radius 3 is 2.45 bits per heavy atom. The molecule has 3 rings (SSSR count). The fourth-order valence-corrected chi connectivity index (χ4v) is 3.09. The number of alkyl halides is 3. The summed E-state index contributed by atoms with van der Waals surface area (Å²) < 4.78 is 41.9. The van der Waals surface area contributed by atoms with Gasteiger partial charge in [0.1, 0.15) is 0 Å². The number of morpholine rings is 1. The van der Waals surface area contributed by atoms with Gasteiger partial charge in [0.05, 0.1) is 31.0 Å². The average Bonchev–Trinajstić information content (AvgIpc) is 2.80. The molecule has 1 aliphatic rings. The molecule has 0 atom stereocenters. The highest BCUT2D eigenvalue weighted by molar-refractivity contribution is 6.30. The van der Waals surface area contributed by atoms with Crippen molar-refractivity contribution in [2.45, 2.75) is 12.7 Å². The molecular formula is C20H19ClF3N5O4. The number of nitrogens with one attached hydrogen (secondary N) is 2. The van der Waals surface area contributed by atoms with Gasteiger partial charge in [-0.25, -0.2) is 4.79 Å². The number of nitrogens with zero attached hydrogens (tertiary/aromatic N) is 3. The molecule has 0 bridgehead atoms. The van der Waals surface area contributed by atoms with Crippen LogP contribution in [0, 0.1) is 0 Å². The van der Waals surface area contributed by atoms with Crippen LogP contribution in [0.2, 0.25) is 5.02 Å². The molecule has 1 aliphatic heterocycles. The number of anilines is 1. The third-order valence-corrected chi connectivity index (χ3v) is 4.82. The van der Waals surface area contributed by atoms with E-state index < -0.39 is 18.0 Å². The maximum atomic E-state index is 13.1. The minimum absolute atomic E-state index is 0.0449. The summed E-state index contributed by atoms with van der Waals surface area (Å²) in [5.41, 5.74) is 3.80. The van der Waals surface area contributed by atoms with Gasteiger partial charge in [-0.2, -0.15) is 13.2 Å². The van der Waals surface area contributed by atoms with Crippen molar-refractivity contribution in [3.05, 3.63) is 58.9 Å². The Morgan fingerprint density at radius 2 is 1.85 bits per heavy atom. The van der Waals surface area contributed by atoms with Crippen molar-refractivity contribution in [3.63, 3.8) is 0 Å². The Hall–Kier alpha value is -3.38. The number of hydrogen-bond acceptors (Lipinski definition) is 5. The summed E-state index contributed by atoms with van der Waals surface area (Å²) in [5, 5.41) is 0.438. The molecule has 1 aromatic carbocycles. The summed E-state index contributed by atoms with van der Waals surface area (Å²) in [4.78, 5) is 43.1. The molecule has 0 spiro atoms. The second kappa shape index (κ2) is 10.5. The Labute approximate surface area is 191 Å². The first-order valence-electron chi connectivity index (χ1n) is 9.67. The van der Waals surface area contributed by atoms with Gasteiger partial charge in [-0.05, 0) is 30.3 Å². The van der Waals surface area contributed by atoms with Gasteiger partial charge in [0, 0.05) is 30.0 Å². The zero-order valence-corrected chi connectivity index (χ0v) is 17.8. The van der Waals surface area contributed by atoms with Gasteiger partial charge in [0.15, 0.2) is 0 Å². The van der Waals surface area contributed by atoms with Crippen LogP contribution in [0.3, 0.4) is 0 Å². The molecule has 0 radical (unpaired) electrons. The van der Waals surface area contributed by atoms with E-state index in [1.54, 1.807) is 34.6 Å². The molecule has 0 saturated carbocycles. The van der Waals surface area contributed by atoms with Gasteiger partial charge in [-0.15, -0.1) is 0 Å². The minimum atomic E-state index is -5.13. The predicted molar refractivity (Wildman–Crippen MR) is 111 cm³/mol. The summed E-state index contributed by atoms with van der Waals surface area (Å²) in [5.74, 6) is -3.29. The maximum Gasteiger partial charge on any atom is 0.472 e. The zero-order valence-electron chi connectivity index (χ0n) is 17.1. The summed E-state index contributed by atoms with van der Waals surface area (Å²) in [6.45, 7) is 1.73. The lowest BCUT2D eigenvalue weighted by atomic mass is 10.2.